The number of methoxy groups -OCH3 is 3. The number of likely N-dealkylation sites (N-methyl/N-ethyl adjacent to an activating group) is 1. The molecule has 17 atom stereocenters. The number of benzene rings is 1. The second-order valence-electron chi connectivity index (χ2n) is 19.5. The zero-order valence-corrected chi connectivity index (χ0v) is 38.6. The number of cyclic esters (lactones) is 1. The minimum atomic E-state index is -0.671. The van der Waals surface area contributed by atoms with Gasteiger partial charge in [0, 0.05) is 68.3 Å². The molecule has 3 aromatic rings. The van der Waals surface area contributed by atoms with Crippen LogP contribution in [0.5, 0.6) is 0 Å². The molecule has 9 rings (SSSR count). The lowest BCUT2D eigenvalue weighted by Gasteiger charge is -2.44. The van der Waals surface area contributed by atoms with Crippen molar-refractivity contribution in [2.75, 3.05) is 35.4 Å². The summed E-state index contributed by atoms with van der Waals surface area (Å²) in [4.78, 5) is 37.2. The third kappa shape index (κ3) is 8.21. The molecular formula is C50H69N3O10. The molecule has 4 fully saturated rings. The number of imidazole rings is 1. The van der Waals surface area contributed by atoms with Gasteiger partial charge in [-0.2, -0.15) is 0 Å². The van der Waals surface area contributed by atoms with E-state index in [1.54, 1.807) is 21.3 Å². The zero-order valence-electron chi connectivity index (χ0n) is 38.6. The second-order valence-corrected chi connectivity index (χ2v) is 19.5. The molecule has 1 aromatic carbocycles. The van der Waals surface area contributed by atoms with Crippen molar-refractivity contribution in [3.8, 4) is 0 Å². The van der Waals surface area contributed by atoms with Crippen molar-refractivity contribution in [2.45, 2.75) is 165 Å². The highest BCUT2D eigenvalue weighted by molar-refractivity contribution is 5.99. The molecule has 3 unspecified atom stereocenters. The van der Waals surface area contributed by atoms with Crippen LogP contribution in [0.4, 0.5) is 0 Å². The van der Waals surface area contributed by atoms with E-state index in [-0.39, 0.29) is 90.9 Å². The molecule has 5 heterocycles. The molecule has 0 radical (unpaired) electrons. The van der Waals surface area contributed by atoms with E-state index in [0.29, 0.717) is 24.5 Å². The fraction of sp³-hybridized carbons (Fsp3) is 0.700. The number of hydrogen-bond donors (Lipinski definition) is 0. The predicted octanol–water partition coefficient (Wildman–Crippen LogP) is 7.37. The maximum Gasteiger partial charge on any atom is 0.306 e. The molecule has 2 aromatic heterocycles. The van der Waals surface area contributed by atoms with E-state index in [9.17, 15) is 4.79 Å². The van der Waals surface area contributed by atoms with Crippen LogP contribution in [-0.4, -0.2) is 129 Å². The van der Waals surface area contributed by atoms with Crippen molar-refractivity contribution in [3.05, 3.63) is 59.6 Å². The van der Waals surface area contributed by atoms with Crippen molar-refractivity contribution in [1.29, 1.82) is 0 Å². The van der Waals surface area contributed by atoms with Gasteiger partial charge in [0.2, 0.25) is 0 Å². The van der Waals surface area contributed by atoms with Crippen LogP contribution in [0.1, 0.15) is 109 Å². The van der Waals surface area contributed by atoms with Crippen molar-refractivity contribution in [1.82, 2.24) is 14.3 Å². The van der Waals surface area contributed by atoms with E-state index in [0.717, 1.165) is 66.3 Å². The Bertz CT molecular complexity index is 2160. The highest BCUT2D eigenvalue weighted by Crippen LogP contribution is 2.61. The van der Waals surface area contributed by atoms with Gasteiger partial charge in [0.25, 0.3) is 0 Å². The number of pyridine rings is 1. The summed E-state index contributed by atoms with van der Waals surface area (Å²) in [5.41, 5.74) is 3.71. The molecular weight excluding hydrogens is 803 g/mol. The van der Waals surface area contributed by atoms with E-state index in [2.05, 4.69) is 79.8 Å². The van der Waals surface area contributed by atoms with Gasteiger partial charge in [-0.25, -0.2) is 4.98 Å². The molecule has 344 valence electrons. The molecule has 1 saturated carbocycles. The highest BCUT2D eigenvalue weighted by atomic mass is 16.7. The Hall–Kier alpha value is -3.27. The molecule has 0 N–H and O–H groups in total. The van der Waals surface area contributed by atoms with Crippen LogP contribution in [0, 0.1) is 23.7 Å². The first kappa shape index (κ1) is 44.9. The molecule has 13 heteroatoms. The SMILES string of the molecule is CC[C@H]1CCC[C@H](O[C@H]2CC[C@H](N(C)C)C(C)O2)[C@@H](C)C(=O)C2=C[C@H]3[C@@H]4C[C@H](O[C@@H]5OC(C)[C@H](OC)C(OC)[C@@H]5OC)C[C@H]4c4c(nc5c6ccccc6ccn45)[C@H]3[C@@H]2CC(=O)O1. The minimum Gasteiger partial charge on any atom is -0.462 e. The van der Waals surface area contributed by atoms with Crippen molar-refractivity contribution in [3.63, 3.8) is 0 Å². The van der Waals surface area contributed by atoms with Gasteiger partial charge in [-0.15, -0.1) is 0 Å². The van der Waals surface area contributed by atoms with Crippen molar-refractivity contribution >= 4 is 28.2 Å². The maximum absolute atomic E-state index is 15.3. The normalized spacial score (nSPS) is 39.8. The molecule has 0 spiro atoms. The van der Waals surface area contributed by atoms with Crippen LogP contribution < -0.4 is 0 Å². The number of fused-ring (bicyclic) bond motifs is 12. The first-order chi connectivity index (χ1) is 30.4. The van der Waals surface area contributed by atoms with Gasteiger partial charge in [0.1, 0.15) is 30.1 Å². The van der Waals surface area contributed by atoms with Crippen LogP contribution in [0.15, 0.2) is 48.2 Å². The monoisotopic (exact) mass is 871 g/mol. The Kier molecular flexibility index (Phi) is 13.2. The van der Waals surface area contributed by atoms with Crippen LogP contribution in [-0.2, 0) is 47.5 Å². The fourth-order valence-corrected chi connectivity index (χ4v) is 12.7. The summed E-state index contributed by atoms with van der Waals surface area (Å²) in [6.45, 7) is 8.19. The second kappa shape index (κ2) is 18.5. The number of nitrogens with zero attached hydrogens (tertiary/aromatic N) is 3. The molecule has 13 nitrogen and oxygen atoms in total. The summed E-state index contributed by atoms with van der Waals surface area (Å²) < 4.78 is 53.1. The molecule has 6 aliphatic rings. The van der Waals surface area contributed by atoms with E-state index >= 15 is 4.79 Å². The lowest BCUT2D eigenvalue weighted by molar-refractivity contribution is -0.314. The fourth-order valence-electron chi connectivity index (χ4n) is 12.7. The molecule has 3 aliphatic carbocycles. The lowest BCUT2D eigenvalue weighted by Crippen LogP contribution is -2.59. The minimum absolute atomic E-state index is 0.00554. The Labute approximate surface area is 372 Å². The van der Waals surface area contributed by atoms with Gasteiger partial charge in [-0.05, 0) is 108 Å². The van der Waals surface area contributed by atoms with Gasteiger partial charge in [0.15, 0.2) is 18.4 Å². The van der Waals surface area contributed by atoms with Crippen LogP contribution in [0.3, 0.4) is 0 Å². The van der Waals surface area contributed by atoms with E-state index in [1.807, 2.05) is 13.8 Å². The van der Waals surface area contributed by atoms with Gasteiger partial charge >= 0.3 is 5.97 Å². The number of Topliss-reactive ketones (excluding diaryl/α,β-unsaturated/α-hetero) is 1. The van der Waals surface area contributed by atoms with Crippen LogP contribution in [0.25, 0.3) is 16.4 Å². The van der Waals surface area contributed by atoms with Gasteiger partial charge in [-0.1, -0.05) is 44.2 Å². The number of allylic oxidation sites excluding steroid dienone is 2. The number of carbonyl (C=O) groups excluding carboxylic acids is 2. The molecule has 63 heavy (non-hydrogen) atoms. The molecule has 3 saturated heterocycles. The quantitative estimate of drug-likeness (QED) is 0.199. The number of ether oxygens (including phenoxy) is 8. The van der Waals surface area contributed by atoms with E-state index in [1.165, 1.54) is 0 Å². The number of esters is 1. The lowest BCUT2D eigenvalue weighted by atomic mass is 9.66. The standard InChI is InChI=1S/C50H69N3O10/c1-10-30-15-13-17-39(63-41-19-18-38(52(5)6)27(3)59-41)26(2)45(55)37-24-34-33-22-31(62-50-48(58-9)47(57-8)46(56-7)28(4)60-50)23-36(33)44-43(42(34)35(37)25-40(54)61-30)51-49-32-16-12-11-14-29(32)20-21-53(44)49/h11-12,14,16,20-21,24,26-28,30-31,33-36,38-39,41-42,46-48,50H,10,13,15,17-19,22-23,25H2,1-9H3/t26-,27?,28?,30+,31+,33+,34+,35-,36-,38+,39+,41+,42-,46+,47?,48+,50+/m1/s1. The largest absolute Gasteiger partial charge is 0.462 e. The van der Waals surface area contributed by atoms with Crippen molar-refractivity contribution in [2.24, 2.45) is 23.7 Å². The first-order valence-electron chi connectivity index (χ1n) is 23.7. The number of ketones is 1. The van der Waals surface area contributed by atoms with Crippen LogP contribution >= 0.6 is 0 Å². The van der Waals surface area contributed by atoms with Gasteiger partial charge in [-0.3, -0.25) is 9.59 Å². The Morgan fingerprint density at radius 1 is 0.857 bits per heavy atom. The number of carbonyl (C=O) groups is 2. The molecule has 3 aliphatic heterocycles. The number of aromatic nitrogens is 2. The third-order valence-electron chi connectivity index (χ3n) is 15.8. The maximum atomic E-state index is 15.3. The summed E-state index contributed by atoms with van der Waals surface area (Å²) in [6.07, 6.45) is 7.29. The summed E-state index contributed by atoms with van der Waals surface area (Å²) in [5, 5.41) is 2.17. The topological polar surface area (TPSA) is 129 Å². The zero-order chi connectivity index (χ0) is 44.3. The Balaban J connectivity index is 1.09. The summed E-state index contributed by atoms with van der Waals surface area (Å²) in [5.74, 6) is -1.15. The van der Waals surface area contributed by atoms with E-state index < -0.39 is 24.2 Å². The summed E-state index contributed by atoms with van der Waals surface area (Å²) >= 11 is 0. The van der Waals surface area contributed by atoms with Gasteiger partial charge in [0.05, 0.1) is 36.5 Å². The molecule has 0 amide bonds. The predicted molar refractivity (Wildman–Crippen MR) is 236 cm³/mol. The van der Waals surface area contributed by atoms with E-state index in [4.69, 9.17) is 42.9 Å². The average Bonchev–Trinajstić information content (AvgIpc) is 3.98. The number of rotatable bonds is 9. The highest BCUT2D eigenvalue weighted by Gasteiger charge is 2.57. The first-order valence-corrected chi connectivity index (χ1v) is 23.7. The third-order valence-corrected chi connectivity index (χ3v) is 15.8. The smallest absolute Gasteiger partial charge is 0.306 e. The Morgan fingerprint density at radius 2 is 1.63 bits per heavy atom. The summed E-state index contributed by atoms with van der Waals surface area (Å²) in [7, 11) is 9.17. The average molecular weight is 872 g/mol. The molecule has 0 bridgehead atoms. The number of hydrogen-bond acceptors (Lipinski definition) is 12. The van der Waals surface area contributed by atoms with Crippen molar-refractivity contribution < 1.29 is 47.5 Å². The Morgan fingerprint density at radius 3 is 2.37 bits per heavy atom. The van der Waals surface area contributed by atoms with Crippen LogP contribution in [0.2, 0.25) is 0 Å². The van der Waals surface area contributed by atoms with Gasteiger partial charge < -0.3 is 47.2 Å². The summed E-state index contributed by atoms with van der Waals surface area (Å²) in [6, 6.07) is 10.8.